The minimum atomic E-state index is -0.990. The second kappa shape index (κ2) is 8.33. The molecule has 2 rings (SSSR count). The largest absolute Gasteiger partial charge is 0.480 e. The molecule has 0 aliphatic rings. The zero-order valence-corrected chi connectivity index (χ0v) is 13.5. The van der Waals surface area contributed by atoms with Crippen LogP contribution in [0, 0.1) is 0 Å². The molecule has 0 radical (unpaired) electrons. The standard InChI is InChI=1S/C15H18N4O3S/c1-2-13(23-12-6-4-3-5-7-12)15(22)16-8-11-9-19(18-17-11)10-14(20)21/h3-7,9,13H,2,8,10H2,1H3,(H,16,22)(H,20,21). The molecule has 122 valence electrons. The van der Waals surface area contributed by atoms with Crippen molar-refractivity contribution in [3.8, 4) is 0 Å². The fraction of sp³-hybridized carbons (Fsp3) is 0.333. The van der Waals surface area contributed by atoms with Crippen LogP contribution in [0.4, 0.5) is 0 Å². The number of amides is 1. The highest BCUT2D eigenvalue weighted by molar-refractivity contribution is 8.00. The van der Waals surface area contributed by atoms with Gasteiger partial charge in [0.2, 0.25) is 5.91 Å². The SMILES string of the molecule is CCC(Sc1ccccc1)C(=O)NCc1cn(CC(=O)O)nn1. The zero-order valence-electron chi connectivity index (χ0n) is 12.7. The lowest BCUT2D eigenvalue weighted by atomic mass is 10.3. The Labute approximate surface area is 138 Å². The summed E-state index contributed by atoms with van der Waals surface area (Å²) in [6, 6.07) is 9.75. The molecule has 0 aliphatic heterocycles. The molecule has 1 aromatic carbocycles. The number of benzene rings is 1. The van der Waals surface area contributed by atoms with E-state index in [1.165, 1.54) is 22.6 Å². The highest BCUT2D eigenvalue weighted by atomic mass is 32.2. The van der Waals surface area contributed by atoms with Gasteiger partial charge >= 0.3 is 5.97 Å². The first-order chi connectivity index (χ1) is 11.1. The van der Waals surface area contributed by atoms with Gasteiger partial charge < -0.3 is 10.4 Å². The van der Waals surface area contributed by atoms with Crippen LogP contribution in [0.2, 0.25) is 0 Å². The maximum absolute atomic E-state index is 12.3. The van der Waals surface area contributed by atoms with E-state index in [4.69, 9.17) is 5.11 Å². The molecule has 23 heavy (non-hydrogen) atoms. The number of aliphatic carboxylic acids is 1. The summed E-state index contributed by atoms with van der Waals surface area (Å²) in [5, 5.41) is 18.8. The van der Waals surface area contributed by atoms with E-state index in [1.807, 2.05) is 37.3 Å². The number of aromatic nitrogens is 3. The summed E-state index contributed by atoms with van der Waals surface area (Å²) in [6.45, 7) is 1.94. The van der Waals surface area contributed by atoms with Gasteiger partial charge in [0.1, 0.15) is 12.2 Å². The number of carboxylic acids is 1. The quantitative estimate of drug-likeness (QED) is 0.711. The molecule has 7 nitrogen and oxygen atoms in total. The number of nitrogens with zero attached hydrogens (tertiary/aromatic N) is 3. The van der Waals surface area contributed by atoms with Gasteiger partial charge in [-0.2, -0.15) is 0 Å². The lowest BCUT2D eigenvalue weighted by molar-refractivity contribution is -0.138. The molecule has 0 spiro atoms. The van der Waals surface area contributed by atoms with Gasteiger partial charge in [-0.25, -0.2) is 4.68 Å². The molecule has 0 aliphatic carbocycles. The minimum Gasteiger partial charge on any atom is -0.480 e. The Morgan fingerprint density at radius 2 is 2.09 bits per heavy atom. The van der Waals surface area contributed by atoms with Crippen molar-refractivity contribution in [2.75, 3.05) is 0 Å². The number of rotatable bonds is 8. The van der Waals surface area contributed by atoms with Gasteiger partial charge in [0.25, 0.3) is 0 Å². The lowest BCUT2D eigenvalue weighted by Crippen LogP contribution is -2.32. The molecule has 8 heteroatoms. The second-order valence-corrected chi connectivity index (χ2v) is 6.12. The summed E-state index contributed by atoms with van der Waals surface area (Å²) >= 11 is 1.51. The summed E-state index contributed by atoms with van der Waals surface area (Å²) in [6.07, 6.45) is 2.22. The molecule has 0 saturated heterocycles. The average molecular weight is 334 g/mol. The summed E-state index contributed by atoms with van der Waals surface area (Å²) in [4.78, 5) is 23.9. The fourth-order valence-electron chi connectivity index (χ4n) is 1.91. The van der Waals surface area contributed by atoms with Crippen LogP contribution >= 0.6 is 11.8 Å². The molecular weight excluding hydrogens is 316 g/mol. The number of carbonyl (C=O) groups excluding carboxylic acids is 1. The number of thioether (sulfide) groups is 1. The number of hydrogen-bond donors (Lipinski definition) is 2. The third-order valence-electron chi connectivity index (χ3n) is 3.01. The maximum atomic E-state index is 12.3. The summed E-state index contributed by atoms with van der Waals surface area (Å²) in [5.41, 5.74) is 0.527. The Kier molecular flexibility index (Phi) is 6.16. The molecule has 1 atom stereocenters. The molecule has 1 unspecified atom stereocenters. The van der Waals surface area contributed by atoms with Crippen LogP contribution in [0.1, 0.15) is 19.0 Å². The molecule has 0 bridgehead atoms. The topological polar surface area (TPSA) is 97.1 Å². The summed E-state index contributed by atoms with van der Waals surface area (Å²) < 4.78 is 1.22. The third-order valence-corrected chi connectivity index (χ3v) is 4.39. The minimum absolute atomic E-state index is 0.0749. The molecule has 1 heterocycles. The van der Waals surface area contributed by atoms with E-state index < -0.39 is 5.97 Å². The molecule has 2 N–H and O–H groups in total. The molecule has 2 aromatic rings. The Hall–Kier alpha value is -2.35. The van der Waals surface area contributed by atoms with Crippen molar-refractivity contribution in [1.29, 1.82) is 0 Å². The normalized spacial score (nSPS) is 11.9. The van der Waals surface area contributed by atoms with E-state index in [2.05, 4.69) is 15.6 Å². The van der Waals surface area contributed by atoms with E-state index in [-0.39, 0.29) is 24.2 Å². The van der Waals surface area contributed by atoms with Crippen LogP contribution in [-0.2, 0) is 22.7 Å². The van der Waals surface area contributed by atoms with Gasteiger partial charge in [0, 0.05) is 4.90 Å². The maximum Gasteiger partial charge on any atom is 0.325 e. The van der Waals surface area contributed by atoms with Crippen LogP contribution in [0.3, 0.4) is 0 Å². The monoisotopic (exact) mass is 334 g/mol. The molecular formula is C15H18N4O3S. The fourth-order valence-corrected chi connectivity index (χ4v) is 2.91. The lowest BCUT2D eigenvalue weighted by Gasteiger charge is -2.14. The summed E-state index contributed by atoms with van der Waals surface area (Å²) in [5.74, 6) is -1.06. The van der Waals surface area contributed by atoms with Crippen LogP contribution in [0.5, 0.6) is 0 Å². The van der Waals surface area contributed by atoms with Gasteiger partial charge in [-0.1, -0.05) is 30.3 Å². The molecule has 0 saturated carbocycles. The smallest absolute Gasteiger partial charge is 0.325 e. The van der Waals surface area contributed by atoms with Gasteiger partial charge in [0.05, 0.1) is 18.0 Å². The Balaban J connectivity index is 1.87. The van der Waals surface area contributed by atoms with Crippen molar-refractivity contribution < 1.29 is 14.7 Å². The van der Waals surface area contributed by atoms with Crippen molar-refractivity contribution in [2.24, 2.45) is 0 Å². The van der Waals surface area contributed by atoms with Crippen LogP contribution < -0.4 is 5.32 Å². The molecule has 1 aromatic heterocycles. The van der Waals surface area contributed by atoms with Crippen molar-refractivity contribution in [3.05, 3.63) is 42.2 Å². The number of carbonyl (C=O) groups is 2. The van der Waals surface area contributed by atoms with Crippen LogP contribution in [0.15, 0.2) is 41.4 Å². The Morgan fingerprint density at radius 3 is 2.74 bits per heavy atom. The predicted molar refractivity (Wildman–Crippen MR) is 85.9 cm³/mol. The van der Waals surface area contributed by atoms with Crippen molar-refractivity contribution >= 4 is 23.6 Å². The highest BCUT2D eigenvalue weighted by Crippen LogP contribution is 2.25. The predicted octanol–water partition coefficient (Wildman–Crippen LogP) is 1.55. The third kappa shape index (κ3) is 5.41. The number of carboxylic acid groups (broad SMARTS) is 1. The van der Waals surface area contributed by atoms with Crippen LogP contribution in [-0.4, -0.2) is 37.2 Å². The first-order valence-electron chi connectivity index (χ1n) is 7.18. The number of nitrogens with one attached hydrogen (secondary N) is 1. The van der Waals surface area contributed by atoms with Crippen molar-refractivity contribution in [2.45, 2.75) is 36.6 Å². The molecule has 1 amide bonds. The first-order valence-corrected chi connectivity index (χ1v) is 8.06. The first kappa shape index (κ1) is 17.0. The van der Waals surface area contributed by atoms with E-state index in [0.717, 1.165) is 4.90 Å². The molecule has 0 fully saturated rings. The number of hydrogen-bond acceptors (Lipinski definition) is 5. The van der Waals surface area contributed by atoms with Gasteiger partial charge in [0.15, 0.2) is 0 Å². The van der Waals surface area contributed by atoms with Crippen LogP contribution in [0.25, 0.3) is 0 Å². The van der Waals surface area contributed by atoms with E-state index in [9.17, 15) is 9.59 Å². The van der Waals surface area contributed by atoms with Gasteiger partial charge in [-0.15, -0.1) is 16.9 Å². The Bertz CT molecular complexity index is 660. The Morgan fingerprint density at radius 1 is 1.35 bits per heavy atom. The second-order valence-electron chi connectivity index (χ2n) is 4.85. The van der Waals surface area contributed by atoms with E-state index in [0.29, 0.717) is 12.1 Å². The van der Waals surface area contributed by atoms with Gasteiger partial charge in [-0.3, -0.25) is 9.59 Å². The van der Waals surface area contributed by atoms with E-state index >= 15 is 0 Å². The van der Waals surface area contributed by atoms with E-state index in [1.54, 1.807) is 0 Å². The van der Waals surface area contributed by atoms with Gasteiger partial charge in [-0.05, 0) is 18.6 Å². The highest BCUT2D eigenvalue weighted by Gasteiger charge is 2.18. The average Bonchev–Trinajstić information content (AvgIpc) is 2.98. The summed E-state index contributed by atoms with van der Waals surface area (Å²) in [7, 11) is 0. The van der Waals surface area contributed by atoms with Crippen molar-refractivity contribution in [1.82, 2.24) is 20.3 Å². The van der Waals surface area contributed by atoms with Crippen molar-refractivity contribution in [3.63, 3.8) is 0 Å². The zero-order chi connectivity index (χ0) is 16.7.